The van der Waals surface area contributed by atoms with Gasteiger partial charge >= 0.3 is 5.69 Å². The number of hydrogen-bond donors (Lipinski definition) is 1. The van der Waals surface area contributed by atoms with Crippen molar-refractivity contribution in [3.8, 4) is 0 Å². The van der Waals surface area contributed by atoms with Gasteiger partial charge in [-0.05, 0) is 43.5 Å². The van der Waals surface area contributed by atoms with E-state index in [0.717, 1.165) is 18.4 Å². The fourth-order valence-electron chi connectivity index (χ4n) is 3.72. The fraction of sp³-hybridized carbons (Fsp3) is 0.318. The summed E-state index contributed by atoms with van der Waals surface area (Å²) in [5.74, 6) is -0.325. The lowest BCUT2D eigenvalue weighted by Crippen LogP contribution is -2.43. The van der Waals surface area contributed by atoms with Gasteiger partial charge in [0.15, 0.2) is 0 Å². The summed E-state index contributed by atoms with van der Waals surface area (Å²) in [6.07, 6.45) is 1.57. The molecule has 1 aliphatic rings. The summed E-state index contributed by atoms with van der Waals surface area (Å²) < 4.78 is 8.16. The maximum absolute atomic E-state index is 13.1. The summed E-state index contributed by atoms with van der Waals surface area (Å²) in [6.45, 7) is 2.56. The van der Waals surface area contributed by atoms with Crippen LogP contribution in [0.3, 0.4) is 0 Å². The number of aryl methyl sites for hydroxylation is 1. The minimum Gasteiger partial charge on any atom is -0.376 e. The molecule has 1 saturated heterocycles. The molecule has 150 valence electrons. The summed E-state index contributed by atoms with van der Waals surface area (Å²) in [6, 6.07) is 14.3. The molecule has 0 bridgehead atoms. The van der Waals surface area contributed by atoms with Crippen LogP contribution in [0.4, 0.5) is 5.69 Å². The van der Waals surface area contributed by atoms with E-state index < -0.39 is 5.69 Å². The smallest absolute Gasteiger partial charge is 0.332 e. The van der Waals surface area contributed by atoms with Gasteiger partial charge in [0.25, 0.3) is 5.56 Å². The standard InChI is InChI=1S/C22H23N3O4/c1-15-7-2-4-10-18(15)23-20(26)14-24-19-11-5-3-9-17(19)21(27)25(22(24)28)13-16-8-6-12-29-16/h2-5,7,9-11,16H,6,8,12-14H2,1H3,(H,23,26)/t16-/m0/s1. The number of anilines is 1. The molecular formula is C22H23N3O4. The molecule has 29 heavy (non-hydrogen) atoms. The van der Waals surface area contributed by atoms with Crippen molar-refractivity contribution in [1.82, 2.24) is 9.13 Å². The van der Waals surface area contributed by atoms with E-state index in [1.807, 2.05) is 31.2 Å². The molecule has 0 saturated carbocycles. The van der Waals surface area contributed by atoms with Crippen LogP contribution in [0.15, 0.2) is 58.1 Å². The van der Waals surface area contributed by atoms with E-state index in [0.29, 0.717) is 23.2 Å². The molecule has 0 radical (unpaired) electrons. The molecule has 1 N–H and O–H groups in total. The van der Waals surface area contributed by atoms with Gasteiger partial charge in [0.2, 0.25) is 5.91 Å². The minimum atomic E-state index is -0.496. The Balaban J connectivity index is 1.72. The number of benzene rings is 2. The number of ether oxygens (including phenoxy) is 1. The van der Waals surface area contributed by atoms with Gasteiger partial charge in [0.1, 0.15) is 6.54 Å². The monoisotopic (exact) mass is 393 g/mol. The fourth-order valence-corrected chi connectivity index (χ4v) is 3.72. The van der Waals surface area contributed by atoms with Gasteiger partial charge in [-0.25, -0.2) is 4.79 Å². The summed E-state index contributed by atoms with van der Waals surface area (Å²) in [5.41, 5.74) is 1.23. The van der Waals surface area contributed by atoms with Gasteiger partial charge in [0.05, 0.1) is 23.6 Å². The largest absolute Gasteiger partial charge is 0.376 e. The minimum absolute atomic E-state index is 0.157. The molecule has 1 aliphatic heterocycles. The average Bonchev–Trinajstić information content (AvgIpc) is 3.23. The Morgan fingerprint density at radius 3 is 2.62 bits per heavy atom. The normalized spacial score (nSPS) is 16.2. The molecule has 3 aromatic rings. The second-order valence-electron chi connectivity index (χ2n) is 7.30. The van der Waals surface area contributed by atoms with Gasteiger partial charge < -0.3 is 10.1 Å². The van der Waals surface area contributed by atoms with E-state index in [4.69, 9.17) is 4.74 Å². The average molecular weight is 393 g/mol. The van der Waals surface area contributed by atoms with Crippen molar-refractivity contribution in [3.63, 3.8) is 0 Å². The Morgan fingerprint density at radius 2 is 1.86 bits per heavy atom. The highest BCUT2D eigenvalue weighted by atomic mass is 16.5. The molecule has 1 aromatic heterocycles. The Morgan fingerprint density at radius 1 is 1.10 bits per heavy atom. The van der Waals surface area contributed by atoms with E-state index in [9.17, 15) is 14.4 Å². The number of hydrogen-bond acceptors (Lipinski definition) is 4. The quantitative estimate of drug-likeness (QED) is 0.721. The van der Waals surface area contributed by atoms with Crippen LogP contribution in [0.25, 0.3) is 10.9 Å². The van der Waals surface area contributed by atoms with Crippen LogP contribution in [0, 0.1) is 6.92 Å². The number of carbonyl (C=O) groups is 1. The lowest BCUT2D eigenvalue weighted by atomic mass is 10.2. The molecule has 4 rings (SSSR count). The molecule has 2 aromatic carbocycles. The lowest BCUT2D eigenvalue weighted by molar-refractivity contribution is -0.116. The second kappa shape index (κ2) is 8.05. The van der Waals surface area contributed by atoms with E-state index in [2.05, 4.69) is 5.32 Å². The Kier molecular flexibility index (Phi) is 5.31. The van der Waals surface area contributed by atoms with Gasteiger partial charge in [0, 0.05) is 12.3 Å². The van der Waals surface area contributed by atoms with Gasteiger partial charge in [-0.2, -0.15) is 0 Å². The van der Waals surface area contributed by atoms with Crippen molar-refractivity contribution >= 4 is 22.5 Å². The third-order valence-electron chi connectivity index (χ3n) is 5.26. The van der Waals surface area contributed by atoms with E-state index in [-0.39, 0.29) is 30.7 Å². The number of fused-ring (bicyclic) bond motifs is 1. The van der Waals surface area contributed by atoms with Crippen molar-refractivity contribution in [2.24, 2.45) is 0 Å². The Hall–Kier alpha value is -3.19. The van der Waals surface area contributed by atoms with Crippen LogP contribution < -0.4 is 16.6 Å². The molecule has 7 nitrogen and oxygen atoms in total. The van der Waals surface area contributed by atoms with Crippen molar-refractivity contribution in [1.29, 1.82) is 0 Å². The summed E-state index contributed by atoms with van der Waals surface area (Å²) in [5, 5.41) is 3.26. The SMILES string of the molecule is Cc1ccccc1NC(=O)Cn1c(=O)n(C[C@@H]2CCCO2)c(=O)c2ccccc21. The zero-order valence-electron chi connectivity index (χ0n) is 16.3. The van der Waals surface area contributed by atoms with Crippen LogP contribution in [0.5, 0.6) is 0 Å². The number of para-hydroxylation sites is 2. The molecular weight excluding hydrogens is 370 g/mol. The van der Waals surface area contributed by atoms with Crippen LogP contribution in [0.2, 0.25) is 0 Å². The Bertz CT molecular complexity index is 1170. The molecule has 1 fully saturated rings. The predicted molar refractivity (Wildman–Crippen MR) is 111 cm³/mol. The highest BCUT2D eigenvalue weighted by molar-refractivity contribution is 5.92. The number of aromatic nitrogens is 2. The van der Waals surface area contributed by atoms with Crippen LogP contribution in [0.1, 0.15) is 18.4 Å². The van der Waals surface area contributed by atoms with Gasteiger partial charge in [-0.15, -0.1) is 0 Å². The topological polar surface area (TPSA) is 82.3 Å². The van der Waals surface area contributed by atoms with Crippen LogP contribution in [-0.2, 0) is 22.6 Å². The van der Waals surface area contributed by atoms with Crippen LogP contribution >= 0.6 is 0 Å². The summed E-state index contributed by atoms with van der Waals surface area (Å²) >= 11 is 0. The van der Waals surface area contributed by atoms with Gasteiger partial charge in [-0.3, -0.25) is 18.7 Å². The first-order valence-corrected chi connectivity index (χ1v) is 9.74. The maximum Gasteiger partial charge on any atom is 0.332 e. The first-order chi connectivity index (χ1) is 14.0. The maximum atomic E-state index is 13.1. The lowest BCUT2D eigenvalue weighted by Gasteiger charge is -2.16. The van der Waals surface area contributed by atoms with Gasteiger partial charge in [-0.1, -0.05) is 30.3 Å². The number of nitrogens with one attached hydrogen (secondary N) is 1. The van der Waals surface area contributed by atoms with E-state index in [1.165, 1.54) is 9.13 Å². The first-order valence-electron chi connectivity index (χ1n) is 9.74. The number of amides is 1. The molecule has 1 atom stereocenters. The number of carbonyl (C=O) groups excluding carboxylic acids is 1. The predicted octanol–water partition coefficient (Wildman–Crippen LogP) is 2.29. The third-order valence-corrected chi connectivity index (χ3v) is 5.26. The number of nitrogens with zero attached hydrogens (tertiary/aromatic N) is 2. The third kappa shape index (κ3) is 3.86. The first kappa shape index (κ1) is 19.1. The van der Waals surface area contributed by atoms with Crippen molar-refractivity contribution in [2.75, 3.05) is 11.9 Å². The highest BCUT2D eigenvalue weighted by Crippen LogP contribution is 2.15. The van der Waals surface area contributed by atoms with Crippen LogP contribution in [-0.4, -0.2) is 27.8 Å². The van der Waals surface area contributed by atoms with Crippen molar-refractivity contribution in [3.05, 3.63) is 74.9 Å². The Labute approximate surface area is 167 Å². The molecule has 0 spiro atoms. The highest BCUT2D eigenvalue weighted by Gasteiger charge is 2.21. The van der Waals surface area contributed by atoms with E-state index in [1.54, 1.807) is 24.3 Å². The van der Waals surface area contributed by atoms with Crippen molar-refractivity contribution in [2.45, 2.75) is 39.0 Å². The molecule has 0 unspecified atom stereocenters. The zero-order chi connectivity index (χ0) is 20.4. The second-order valence-corrected chi connectivity index (χ2v) is 7.30. The summed E-state index contributed by atoms with van der Waals surface area (Å²) in [4.78, 5) is 38.7. The molecule has 2 heterocycles. The molecule has 0 aliphatic carbocycles. The molecule has 1 amide bonds. The van der Waals surface area contributed by atoms with E-state index >= 15 is 0 Å². The number of rotatable bonds is 5. The summed E-state index contributed by atoms with van der Waals surface area (Å²) in [7, 11) is 0. The van der Waals surface area contributed by atoms with Crippen molar-refractivity contribution < 1.29 is 9.53 Å². The molecule has 7 heteroatoms. The zero-order valence-corrected chi connectivity index (χ0v) is 16.3.